The van der Waals surface area contributed by atoms with Gasteiger partial charge >= 0.3 is 0 Å². The van der Waals surface area contributed by atoms with Crippen LogP contribution in [0.4, 0.5) is 10.1 Å². The van der Waals surface area contributed by atoms with Crippen LogP contribution in [0.25, 0.3) is 0 Å². The SMILES string of the molecule is COc1ccc(N=Cc2cc(Cl)ccc2OCc2ccccc2F)cc1. The minimum atomic E-state index is -0.296. The van der Waals surface area contributed by atoms with Crippen LogP contribution in [0, 0.1) is 5.82 Å². The minimum Gasteiger partial charge on any atom is -0.497 e. The Morgan fingerprint density at radius 3 is 2.54 bits per heavy atom. The van der Waals surface area contributed by atoms with Crippen LogP contribution >= 0.6 is 11.6 Å². The molecule has 0 amide bonds. The smallest absolute Gasteiger partial charge is 0.129 e. The largest absolute Gasteiger partial charge is 0.497 e. The summed E-state index contributed by atoms with van der Waals surface area (Å²) in [7, 11) is 1.61. The minimum absolute atomic E-state index is 0.123. The van der Waals surface area contributed by atoms with Gasteiger partial charge in [0.25, 0.3) is 0 Å². The third-order valence-corrected chi connectivity index (χ3v) is 3.97. The molecule has 132 valence electrons. The van der Waals surface area contributed by atoms with Crippen molar-refractivity contribution in [2.75, 3.05) is 7.11 Å². The molecule has 0 aliphatic carbocycles. The van der Waals surface area contributed by atoms with E-state index in [1.807, 2.05) is 24.3 Å². The number of benzene rings is 3. The number of methoxy groups -OCH3 is 1. The molecule has 0 saturated heterocycles. The van der Waals surface area contributed by atoms with Gasteiger partial charge in [0.05, 0.1) is 12.8 Å². The summed E-state index contributed by atoms with van der Waals surface area (Å²) in [4.78, 5) is 4.43. The molecule has 0 unspecified atom stereocenters. The molecule has 0 fully saturated rings. The number of nitrogens with zero attached hydrogens (tertiary/aromatic N) is 1. The monoisotopic (exact) mass is 369 g/mol. The Morgan fingerprint density at radius 1 is 1.04 bits per heavy atom. The molecule has 0 bridgehead atoms. The first-order valence-corrected chi connectivity index (χ1v) is 8.37. The van der Waals surface area contributed by atoms with E-state index in [1.165, 1.54) is 6.07 Å². The van der Waals surface area contributed by atoms with Crippen molar-refractivity contribution in [3.63, 3.8) is 0 Å². The highest BCUT2D eigenvalue weighted by Crippen LogP contribution is 2.24. The predicted octanol–water partition coefficient (Wildman–Crippen LogP) is 5.82. The average molecular weight is 370 g/mol. The zero-order valence-corrected chi connectivity index (χ0v) is 14.9. The van der Waals surface area contributed by atoms with Crippen molar-refractivity contribution in [3.05, 3.63) is 88.7 Å². The van der Waals surface area contributed by atoms with Crippen molar-refractivity contribution in [2.24, 2.45) is 4.99 Å². The van der Waals surface area contributed by atoms with Gasteiger partial charge < -0.3 is 9.47 Å². The Kier molecular flexibility index (Phi) is 5.87. The van der Waals surface area contributed by atoms with Gasteiger partial charge in [-0.2, -0.15) is 0 Å². The summed E-state index contributed by atoms with van der Waals surface area (Å²) in [5, 5.41) is 0.569. The van der Waals surface area contributed by atoms with Crippen LogP contribution in [0.3, 0.4) is 0 Å². The fourth-order valence-corrected chi connectivity index (χ4v) is 2.52. The second-order valence-electron chi connectivity index (χ2n) is 5.52. The zero-order chi connectivity index (χ0) is 18.4. The maximum atomic E-state index is 13.8. The Hall–Kier alpha value is -2.85. The Labute approximate surface area is 156 Å². The molecule has 0 aromatic heterocycles. The van der Waals surface area contributed by atoms with E-state index in [1.54, 1.807) is 49.7 Å². The maximum Gasteiger partial charge on any atom is 0.129 e. The number of hydrogen-bond acceptors (Lipinski definition) is 3. The first kappa shape index (κ1) is 18.0. The molecule has 26 heavy (non-hydrogen) atoms. The molecule has 0 atom stereocenters. The Morgan fingerprint density at radius 2 is 1.81 bits per heavy atom. The third-order valence-electron chi connectivity index (χ3n) is 3.74. The average Bonchev–Trinajstić information content (AvgIpc) is 2.67. The van der Waals surface area contributed by atoms with Gasteiger partial charge in [-0.25, -0.2) is 4.39 Å². The molecule has 3 nitrogen and oxygen atoms in total. The van der Waals surface area contributed by atoms with Crippen LogP contribution in [0.15, 0.2) is 71.7 Å². The lowest BCUT2D eigenvalue weighted by Gasteiger charge is -2.10. The zero-order valence-electron chi connectivity index (χ0n) is 14.2. The molecule has 0 heterocycles. The van der Waals surface area contributed by atoms with Crippen LogP contribution in [0.2, 0.25) is 5.02 Å². The molecular formula is C21H17ClFNO2. The van der Waals surface area contributed by atoms with E-state index in [9.17, 15) is 4.39 Å². The number of hydrogen-bond donors (Lipinski definition) is 0. The lowest BCUT2D eigenvalue weighted by atomic mass is 10.2. The molecule has 3 rings (SSSR count). The van der Waals surface area contributed by atoms with E-state index >= 15 is 0 Å². The van der Waals surface area contributed by atoms with Gasteiger partial charge in [-0.3, -0.25) is 4.99 Å². The molecule has 5 heteroatoms. The number of rotatable bonds is 6. The Bertz CT molecular complexity index is 910. The predicted molar refractivity (Wildman–Crippen MR) is 102 cm³/mol. The Balaban J connectivity index is 1.79. The van der Waals surface area contributed by atoms with Crippen LogP contribution in [0.5, 0.6) is 11.5 Å². The first-order chi connectivity index (χ1) is 12.7. The topological polar surface area (TPSA) is 30.8 Å². The fraction of sp³-hybridized carbons (Fsp3) is 0.0952. The highest BCUT2D eigenvalue weighted by Gasteiger charge is 2.06. The normalized spacial score (nSPS) is 10.9. The van der Waals surface area contributed by atoms with Crippen LogP contribution in [0.1, 0.15) is 11.1 Å². The van der Waals surface area contributed by atoms with E-state index in [4.69, 9.17) is 21.1 Å². The van der Waals surface area contributed by atoms with Gasteiger partial charge in [0.2, 0.25) is 0 Å². The van der Waals surface area contributed by atoms with Crippen LogP contribution < -0.4 is 9.47 Å². The van der Waals surface area contributed by atoms with Crippen molar-refractivity contribution < 1.29 is 13.9 Å². The van der Waals surface area contributed by atoms with E-state index in [2.05, 4.69) is 4.99 Å². The van der Waals surface area contributed by atoms with Gasteiger partial charge in [-0.05, 0) is 48.5 Å². The van der Waals surface area contributed by atoms with Crippen molar-refractivity contribution in [2.45, 2.75) is 6.61 Å². The molecular weight excluding hydrogens is 353 g/mol. The van der Waals surface area contributed by atoms with Gasteiger partial charge in [0.1, 0.15) is 23.9 Å². The molecule has 0 aliphatic heterocycles. The standard InChI is InChI=1S/C21H17ClFNO2/c1-25-19-9-7-18(8-10-19)24-13-16-12-17(22)6-11-21(16)26-14-15-4-2-3-5-20(15)23/h2-13H,14H2,1H3. The number of aliphatic imine (C=N–C) groups is 1. The summed E-state index contributed by atoms with van der Waals surface area (Å²) < 4.78 is 24.7. The van der Waals surface area contributed by atoms with E-state index < -0.39 is 0 Å². The molecule has 3 aromatic carbocycles. The lowest BCUT2D eigenvalue weighted by Crippen LogP contribution is -2.00. The molecule has 3 aromatic rings. The van der Waals surface area contributed by atoms with Crippen molar-refractivity contribution in [1.29, 1.82) is 0 Å². The summed E-state index contributed by atoms with van der Waals surface area (Å²) in [5.74, 6) is 1.05. The summed E-state index contributed by atoms with van der Waals surface area (Å²) >= 11 is 6.09. The molecule has 0 spiro atoms. The maximum absolute atomic E-state index is 13.8. The lowest BCUT2D eigenvalue weighted by molar-refractivity contribution is 0.299. The van der Waals surface area contributed by atoms with Gasteiger partial charge in [0, 0.05) is 22.4 Å². The van der Waals surface area contributed by atoms with Crippen LogP contribution in [-0.2, 0) is 6.61 Å². The van der Waals surface area contributed by atoms with Gasteiger partial charge in [0.15, 0.2) is 0 Å². The molecule has 0 aliphatic rings. The third kappa shape index (κ3) is 4.61. The summed E-state index contributed by atoms with van der Waals surface area (Å²) in [6.45, 7) is 0.123. The number of halogens is 2. The fourth-order valence-electron chi connectivity index (χ4n) is 2.33. The first-order valence-electron chi connectivity index (χ1n) is 7.99. The molecule has 0 radical (unpaired) electrons. The summed E-state index contributed by atoms with van der Waals surface area (Å²) in [5.41, 5.74) is 1.97. The quantitative estimate of drug-likeness (QED) is 0.513. The molecule has 0 saturated carbocycles. The van der Waals surface area contributed by atoms with E-state index in [-0.39, 0.29) is 12.4 Å². The van der Waals surface area contributed by atoms with Crippen molar-refractivity contribution in [1.82, 2.24) is 0 Å². The van der Waals surface area contributed by atoms with Crippen molar-refractivity contribution in [3.8, 4) is 11.5 Å². The van der Waals surface area contributed by atoms with Gasteiger partial charge in [-0.1, -0.05) is 29.8 Å². The van der Waals surface area contributed by atoms with E-state index in [0.717, 1.165) is 11.4 Å². The highest BCUT2D eigenvalue weighted by molar-refractivity contribution is 6.30. The molecule has 0 N–H and O–H groups in total. The van der Waals surface area contributed by atoms with Gasteiger partial charge in [-0.15, -0.1) is 0 Å². The van der Waals surface area contributed by atoms with Crippen molar-refractivity contribution >= 4 is 23.5 Å². The second kappa shape index (κ2) is 8.50. The highest BCUT2D eigenvalue weighted by atomic mass is 35.5. The van der Waals surface area contributed by atoms with E-state index in [0.29, 0.717) is 21.9 Å². The van der Waals surface area contributed by atoms with Crippen LogP contribution in [-0.4, -0.2) is 13.3 Å². The summed E-state index contributed by atoms with van der Waals surface area (Å²) in [6.07, 6.45) is 1.67. The number of ether oxygens (including phenoxy) is 2. The summed E-state index contributed by atoms with van der Waals surface area (Å²) in [6, 6.07) is 19.1. The second-order valence-corrected chi connectivity index (χ2v) is 5.95.